The average molecular weight is 410 g/mol. The van der Waals surface area contributed by atoms with Crippen molar-refractivity contribution < 1.29 is 4.79 Å². The Hall–Kier alpha value is -2.89. The summed E-state index contributed by atoms with van der Waals surface area (Å²) < 4.78 is 0.718. The minimum atomic E-state index is -0.333. The van der Waals surface area contributed by atoms with Crippen molar-refractivity contribution in [3.63, 3.8) is 0 Å². The van der Waals surface area contributed by atoms with E-state index in [1.165, 1.54) is 28.7 Å². The van der Waals surface area contributed by atoms with Crippen molar-refractivity contribution in [2.45, 2.75) is 29.9 Å². The lowest BCUT2D eigenvalue weighted by Gasteiger charge is -2.10. The van der Waals surface area contributed by atoms with E-state index < -0.39 is 0 Å². The lowest BCUT2D eigenvalue weighted by molar-refractivity contribution is -0.115. The average Bonchev–Trinajstić information content (AvgIpc) is 3.15. The quantitative estimate of drug-likeness (QED) is 0.543. The molecule has 0 aliphatic heterocycles. The molecular formula is C20H19N5OS2. The Balaban J connectivity index is 1.55. The van der Waals surface area contributed by atoms with Gasteiger partial charge in [0.05, 0.1) is 16.9 Å². The fraction of sp³-hybridized carbons (Fsp3) is 0.200. The van der Waals surface area contributed by atoms with E-state index in [1.54, 1.807) is 24.3 Å². The van der Waals surface area contributed by atoms with Crippen molar-refractivity contribution in [1.82, 2.24) is 10.2 Å². The highest BCUT2D eigenvalue weighted by Crippen LogP contribution is 2.31. The lowest BCUT2D eigenvalue weighted by Crippen LogP contribution is -2.22. The van der Waals surface area contributed by atoms with E-state index in [2.05, 4.69) is 46.0 Å². The van der Waals surface area contributed by atoms with Gasteiger partial charge < -0.3 is 10.6 Å². The zero-order valence-corrected chi connectivity index (χ0v) is 17.1. The van der Waals surface area contributed by atoms with Crippen LogP contribution in [0.2, 0.25) is 0 Å². The monoisotopic (exact) mass is 409 g/mol. The normalized spacial score (nSPS) is 11.5. The maximum atomic E-state index is 12.4. The molecular weight excluding hydrogens is 390 g/mol. The number of carbonyl (C=O) groups is 1. The van der Waals surface area contributed by atoms with Crippen molar-refractivity contribution in [2.75, 3.05) is 10.6 Å². The topological polar surface area (TPSA) is 90.7 Å². The van der Waals surface area contributed by atoms with Crippen LogP contribution in [0.15, 0.2) is 52.9 Å². The van der Waals surface area contributed by atoms with Gasteiger partial charge in [0.2, 0.25) is 11.0 Å². The van der Waals surface area contributed by atoms with E-state index in [4.69, 9.17) is 5.26 Å². The van der Waals surface area contributed by atoms with Gasteiger partial charge >= 0.3 is 0 Å². The number of thioether (sulfide) groups is 1. The van der Waals surface area contributed by atoms with Crippen molar-refractivity contribution in [3.05, 3.63) is 59.7 Å². The van der Waals surface area contributed by atoms with Crippen LogP contribution < -0.4 is 10.6 Å². The summed E-state index contributed by atoms with van der Waals surface area (Å²) in [6.45, 7) is 3.94. The lowest BCUT2D eigenvalue weighted by atomic mass is 10.1. The Morgan fingerprint density at radius 2 is 1.82 bits per heavy atom. The molecule has 1 heterocycles. The van der Waals surface area contributed by atoms with Crippen LogP contribution in [-0.4, -0.2) is 21.4 Å². The Kier molecular flexibility index (Phi) is 6.63. The first kappa shape index (κ1) is 19.9. The van der Waals surface area contributed by atoms with Crippen LogP contribution in [0.3, 0.4) is 0 Å². The standard InChI is InChI=1S/C20H19N5OS2/c1-3-14-4-8-17(9-5-14)23-19-24-25-20(28-19)27-13(2)18(26)22-16-10-6-15(12-21)7-11-16/h4-11,13H,3H2,1-2H3,(H,22,26)(H,23,24)/t13-/m0/s1. The minimum absolute atomic E-state index is 0.130. The molecule has 1 atom stereocenters. The summed E-state index contributed by atoms with van der Waals surface area (Å²) in [5, 5.41) is 23.5. The molecule has 3 rings (SSSR count). The van der Waals surface area contributed by atoms with Crippen molar-refractivity contribution in [2.24, 2.45) is 0 Å². The molecule has 0 saturated heterocycles. The van der Waals surface area contributed by atoms with Crippen LogP contribution in [-0.2, 0) is 11.2 Å². The first-order valence-corrected chi connectivity index (χ1v) is 10.4. The molecule has 1 aromatic heterocycles. The number of aromatic nitrogens is 2. The van der Waals surface area contributed by atoms with Crippen LogP contribution in [0, 0.1) is 11.3 Å². The van der Waals surface area contributed by atoms with Gasteiger partial charge in [0.25, 0.3) is 0 Å². The molecule has 2 aromatic carbocycles. The third kappa shape index (κ3) is 5.31. The summed E-state index contributed by atoms with van der Waals surface area (Å²) in [5.41, 5.74) is 3.45. The van der Waals surface area contributed by atoms with Crippen LogP contribution in [0.5, 0.6) is 0 Å². The molecule has 0 aliphatic rings. The van der Waals surface area contributed by atoms with Gasteiger partial charge in [-0.05, 0) is 55.3 Å². The largest absolute Gasteiger partial charge is 0.330 e. The molecule has 0 unspecified atom stereocenters. The molecule has 8 heteroatoms. The van der Waals surface area contributed by atoms with Gasteiger partial charge in [0.1, 0.15) is 0 Å². The van der Waals surface area contributed by atoms with Gasteiger partial charge in [-0.3, -0.25) is 4.79 Å². The van der Waals surface area contributed by atoms with Gasteiger partial charge in [0.15, 0.2) is 4.34 Å². The SMILES string of the molecule is CCc1ccc(Nc2nnc(S[C@@H](C)C(=O)Nc3ccc(C#N)cc3)s2)cc1. The number of anilines is 3. The number of hydrogen-bond donors (Lipinski definition) is 2. The first-order chi connectivity index (χ1) is 13.6. The summed E-state index contributed by atoms with van der Waals surface area (Å²) in [7, 11) is 0. The van der Waals surface area contributed by atoms with Gasteiger partial charge in [-0.15, -0.1) is 10.2 Å². The number of nitriles is 1. The maximum absolute atomic E-state index is 12.4. The minimum Gasteiger partial charge on any atom is -0.330 e. The summed E-state index contributed by atoms with van der Waals surface area (Å²) in [4.78, 5) is 12.4. The van der Waals surface area contributed by atoms with Crippen LogP contribution in [0.25, 0.3) is 0 Å². The second kappa shape index (κ2) is 9.35. The fourth-order valence-corrected chi connectivity index (χ4v) is 4.25. The zero-order valence-electron chi connectivity index (χ0n) is 15.5. The third-order valence-corrected chi connectivity index (χ3v) is 5.97. The van der Waals surface area contributed by atoms with Crippen molar-refractivity contribution in [3.8, 4) is 6.07 Å². The molecule has 0 radical (unpaired) electrons. The zero-order chi connectivity index (χ0) is 19.9. The molecule has 142 valence electrons. The molecule has 6 nitrogen and oxygen atoms in total. The van der Waals surface area contributed by atoms with E-state index in [0.717, 1.165) is 16.4 Å². The summed E-state index contributed by atoms with van der Waals surface area (Å²) in [6, 6.07) is 17.0. The third-order valence-electron chi connectivity index (χ3n) is 3.95. The van der Waals surface area contributed by atoms with Gasteiger partial charge in [-0.2, -0.15) is 5.26 Å². The van der Waals surface area contributed by atoms with E-state index in [-0.39, 0.29) is 11.2 Å². The molecule has 2 N–H and O–H groups in total. The molecule has 0 spiro atoms. The molecule has 3 aromatic rings. The number of benzene rings is 2. The maximum Gasteiger partial charge on any atom is 0.237 e. The number of rotatable bonds is 7. The Bertz CT molecular complexity index is 977. The molecule has 0 bridgehead atoms. The van der Waals surface area contributed by atoms with Crippen LogP contribution in [0.1, 0.15) is 25.0 Å². The second-order valence-corrected chi connectivity index (χ2v) is 8.55. The molecule has 0 aliphatic carbocycles. The van der Waals surface area contributed by atoms with Crippen LogP contribution in [0.4, 0.5) is 16.5 Å². The summed E-state index contributed by atoms with van der Waals surface area (Å²) in [6.07, 6.45) is 1.00. The molecule has 0 saturated carbocycles. The van der Waals surface area contributed by atoms with Gasteiger partial charge in [-0.1, -0.05) is 42.2 Å². The van der Waals surface area contributed by atoms with E-state index in [1.807, 2.05) is 19.1 Å². The van der Waals surface area contributed by atoms with Gasteiger partial charge in [0, 0.05) is 11.4 Å². The number of carbonyl (C=O) groups excluding carboxylic acids is 1. The molecule has 28 heavy (non-hydrogen) atoms. The molecule has 0 fully saturated rings. The van der Waals surface area contributed by atoms with Crippen molar-refractivity contribution in [1.29, 1.82) is 5.26 Å². The van der Waals surface area contributed by atoms with E-state index in [0.29, 0.717) is 16.4 Å². The fourth-order valence-electron chi connectivity index (χ4n) is 2.33. The number of aryl methyl sites for hydroxylation is 1. The van der Waals surface area contributed by atoms with Crippen molar-refractivity contribution >= 4 is 45.5 Å². The highest BCUT2D eigenvalue weighted by molar-refractivity contribution is 8.02. The predicted molar refractivity (Wildman–Crippen MR) is 114 cm³/mol. The van der Waals surface area contributed by atoms with Gasteiger partial charge in [-0.25, -0.2) is 0 Å². The van der Waals surface area contributed by atoms with E-state index in [9.17, 15) is 4.79 Å². The first-order valence-electron chi connectivity index (χ1n) is 8.74. The Labute approximate surface area is 172 Å². The number of hydrogen-bond acceptors (Lipinski definition) is 7. The summed E-state index contributed by atoms with van der Waals surface area (Å²) >= 11 is 2.76. The Morgan fingerprint density at radius 1 is 1.14 bits per heavy atom. The second-order valence-electron chi connectivity index (χ2n) is 5.99. The number of nitrogens with zero attached hydrogens (tertiary/aromatic N) is 3. The highest BCUT2D eigenvalue weighted by Gasteiger charge is 2.17. The van der Waals surface area contributed by atoms with E-state index >= 15 is 0 Å². The smallest absolute Gasteiger partial charge is 0.237 e. The summed E-state index contributed by atoms with van der Waals surface area (Å²) in [5.74, 6) is -0.130. The van der Waals surface area contributed by atoms with Crippen LogP contribution >= 0.6 is 23.1 Å². The number of nitrogens with one attached hydrogen (secondary N) is 2. The highest BCUT2D eigenvalue weighted by atomic mass is 32.2. The number of amides is 1. The predicted octanol–water partition coefficient (Wildman–Crippen LogP) is 4.84. The Morgan fingerprint density at radius 3 is 2.46 bits per heavy atom. The molecule has 1 amide bonds.